The third-order valence-corrected chi connectivity index (χ3v) is 2.21. The lowest BCUT2D eigenvalue weighted by molar-refractivity contribution is 0.677. The summed E-state index contributed by atoms with van der Waals surface area (Å²) in [5.41, 5.74) is 7.23. The third-order valence-electron chi connectivity index (χ3n) is 2.21. The summed E-state index contributed by atoms with van der Waals surface area (Å²) in [4.78, 5) is 4.26. The van der Waals surface area contributed by atoms with Crippen LogP contribution in [0.4, 0.5) is 5.82 Å². The van der Waals surface area contributed by atoms with Crippen LogP contribution in [0.3, 0.4) is 0 Å². The van der Waals surface area contributed by atoms with E-state index in [0.717, 1.165) is 12.1 Å². The average molecular weight is 204 g/mol. The van der Waals surface area contributed by atoms with Gasteiger partial charge in [0.25, 0.3) is 0 Å². The van der Waals surface area contributed by atoms with Crippen LogP contribution in [0.1, 0.15) is 24.6 Å². The molecule has 0 radical (unpaired) electrons. The maximum absolute atomic E-state index is 8.87. The maximum Gasteiger partial charge on any atom is 0.144 e. The molecule has 0 aliphatic heterocycles. The summed E-state index contributed by atoms with van der Waals surface area (Å²) >= 11 is 0. The molecule has 0 aliphatic carbocycles. The summed E-state index contributed by atoms with van der Waals surface area (Å²) in [5.74, 6) is 0.626. The molecule has 0 fully saturated rings. The van der Waals surface area contributed by atoms with Crippen LogP contribution in [0.5, 0.6) is 0 Å². The quantitative estimate of drug-likeness (QED) is 0.777. The Bertz CT molecular complexity index is 367. The molecule has 3 N–H and O–H groups in total. The number of hydrogen-bond donors (Lipinski definition) is 2. The first-order valence-electron chi connectivity index (χ1n) is 5.04. The van der Waals surface area contributed by atoms with Gasteiger partial charge in [0.1, 0.15) is 11.9 Å². The fourth-order valence-electron chi connectivity index (χ4n) is 1.15. The van der Waals surface area contributed by atoms with E-state index in [4.69, 9.17) is 11.0 Å². The predicted octanol–water partition coefficient (Wildman–Crippen LogP) is 1.41. The van der Waals surface area contributed by atoms with Crippen LogP contribution >= 0.6 is 0 Å². The molecule has 1 rings (SSSR count). The van der Waals surface area contributed by atoms with Gasteiger partial charge in [0.05, 0.1) is 5.56 Å². The van der Waals surface area contributed by atoms with Gasteiger partial charge in [-0.05, 0) is 25.5 Å². The molecule has 1 heterocycles. The molecule has 0 aromatic carbocycles. The molecule has 0 saturated carbocycles. The monoisotopic (exact) mass is 204 g/mol. The smallest absolute Gasteiger partial charge is 0.144 e. The summed E-state index contributed by atoms with van der Waals surface area (Å²) in [6, 6.07) is 5.78. The molecule has 0 aliphatic rings. The summed E-state index contributed by atoms with van der Waals surface area (Å²) in [7, 11) is 0. The molecule has 1 aromatic heterocycles. The highest BCUT2D eigenvalue weighted by atomic mass is 15.0. The van der Waals surface area contributed by atoms with Crippen LogP contribution in [0, 0.1) is 18.3 Å². The van der Waals surface area contributed by atoms with Crippen LogP contribution in [0.15, 0.2) is 12.1 Å². The van der Waals surface area contributed by atoms with Crippen LogP contribution in [0.25, 0.3) is 0 Å². The van der Waals surface area contributed by atoms with Crippen molar-refractivity contribution in [2.75, 3.05) is 11.9 Å². The van der Waals surface area contributed by atoms with E-state index >= 15 is 0 Å². The molecule has 1 unspecified atom stereocenters. The maximum atomic E-state index is 8.87. The van der Waals surface area contributed by atoms with Crippen molar-refractivity contribution in [3.63, 3.8) is 0 Å². The Labute approximate surface area is 90.1 Å². The van der Waals surface area contributed by atoms with Crippen LogP contribution in [-0.4, -0.2) is 17.6 Å². The first-order valence-corrected chi connectivity index (χ1v) is 5.04. The molecule has 4 heteroatoms. The molecule has 1 aromatic rings. The van der Waals surface area contributed by atoms with Crippen molar-refractivity contribution in [2.45, 2.75) is 26.3 Å². The van der Waals surface area contributed by atoms with Crippen molar-refractivity contribution in [1.29, 1.82) is 5.26 Å². The molecule has 0 saturated heterocycles. The Morgan fingerprint density at radius 2 is 2.33 bits per heavy atom. The van der Waals surface area contributed by atoms with Gasteiger partial charge in [-0.15, -0.1) is 0 Å². The molecule has 0 spiro atoms. The fraction of sp³-hybridized carbons (Fsp3) is 0.455. The minimum absolute atomic E-state index is 0.0962. The van der Waals surface area contributed by atoms with Crippen molar-refractivity contribution in [1.82, 2.24) is 4.98 Å². The number of nitrogens with two attached hydrogens (primary N) is 1. The number of anilines is 1. The summed E-state index contributed by atoms with van der Waals surface area (Å²) < 4.78 is 0. The molecule has 15 heavy (non-hydrogen) atoms. The van der Waals surface area contributed by atoms with Crippen molar-refractivity contribution < 1.29 is 0 Å². The number of aryl methyl sites for hydroxylation is 1. The van der Waals surface area contributed by atoms with E-state index in [9.17, 15) is 0 Å². The van der Waals surface area contributed by atoms with Gasteiger partial charge >= 0.3 is 0 Å². The first-order chi connectivity index (χ1) is 7.17. The van der Waals surface area contributed by atoms with E-state index in [2.05, 4.69) is 16.4 Å². The van der Waals surface area contributed by atoms with E-state index in [-0.39, 0.29) is 6.04 Å². The van der Waals surface area contributed by atoms with Crippen LogP contribution in [-0.2, 0) is 0 Å². The van der Waals surface area contributed by atoms with Crippen LogP contribution < -0.4 is 11.1 Å². The fourth-order valence-corrected chi connectivity index (χ4v) is 1.15. The second kappa shape index (κ2) is 5.32. The van der Waals surface area contributed by atoms with Crippen molar-refractivity contribution in [2.24, 2.45) is 5.73 Å². The Morgan fingerprint density at radius 1 is 1.60 bits per heavy atom. The summed E-state index contributed by atoms with van der Waals surface area (Å²) in [6.45, 7) is 4.56. The molecular formula is C11H16N4. The van der Waals surface area contributed by atoms with E-state index < -0.39 is 0 Å². The van der Waals surface area contributed by atoms with E-state index in [0.29, 0.717) is 17.9 Å². The zero-order valence-electron chi connectivity index (χ0n) is 9.12. The Balaban J connectivity index is 2.75. The van der Waals surface area contributed by atoms with Gasteiger partial charge in [0.2, 0.25) is 0 Å². The molecule has 80 valence electrons. The molecule has 0 bridgehead atoms. The topological polar surface area (TPSA) is 74.7 Å². The molecular weight excluding hydrogens is 188 g/mol. The Hall–Kier alpha value is -1.60. The molecule has 1 atom stereocenters. The molecule has 4 nitrogen and oxygen atoms in total. The Kier molecular flexibility index (Phi) is 4.07. The van der Waals surface area contributed by atoms with Crippen molar-refractivity contribution in [3.05, 3.63) is 23.4 Å². The SMILES string of the molecule is CCC(N)CNc1nc(C)ccc1C#N. The van der Waals surface area contributed by atoms with Gasteiger partial charge in [-0.1, -0.05) is 6.92 Å². The largest absolute Gasteiger partial charge is 0.367 e. The van der Waals surface area contributed by atoms with Gasteiger partial charge in [0, 0.05) is 18.3 Å². The van der Waals surface area contributed by atoms with E-state index in [1.807, 2.05) is 19.9 Å². The number of nitrogens with zero attached hydrogens (tertiary/aromatic N) is 2. The highest BCUT2D eigenvalue weighted by Gasteiger charge is 2.05. The summed E-state index contributed by atoms with van der Waals surface area (Å²) in [5, 5.41) is 12.0. The number of nitrogens with one attached hydrogen (secondary N) is 1. The minimum Gasteiger partial charge on any atom is -0.367 e. The number of hydrogen-bond acceptors (Lipinski definition) is 4. The first kappa shape index (κ1) is 11.5. The Morgan fingerprint density at radius 3 is 2.93 bits per heavy atom. The second-order valence-corrected chi connectivity index (χ2v) is 3.51. The predicted molar refractivity (Wildman–Crippen MR) is 60.4 cm³/mol. The number of aromatic nitrogens is 1. The van der Waals surface area contributed by atoms with Gasteiger partial charge in [-0.25, -0.2) is 4.98 Å². The zero-order valence-corrected chi connectivity index (χ0v) is 9.12. The zero-order chi connectivity index (χ0) is 11.3. The lowest BCUT2D eigenvalue weighted by atomic mass is 10.2. The second-order valence-electron chi connectivity index (χ2n) is 3.51. The van der Waals surface area contributed by atoms with Gasteiger partial charge in [-0.3, -0.25) is 0 Å². The van der Waals surface area contributed by atoms with Gasteiger partial charge in [-0.2, -0.15) is 5.26 Å². The lowest BCUT2D eigenvalue weighted by Gasteiger charge is -2.12. The van der Waals surface area contributed by atoms with Crippen molar-refractivity contribution in [3.8, 4) is 6.07 Å². The van der Waals surface area contributed by atoms with E-state index in [1.54, 1.807) is 6.07 Å². The van der Waals surface area contributed by atoms with Crippen molar-refractivity contribution >= 4 is 5.82 Å². The highest BCUT2D eigenvalue weighted by molar-refractivity contribution is 5.52. The number of rotatable bonds is 4. The number of pyridine rings is 1. The highest BCUT2D eigenvalue weighted by Crippen LogP contribution is 2.11. The number of nitriles is 1. The summed E-state index contributed by atoms with van der Waals surface area (Å²) in [6.07, 6.45) is 0.903. The standard InChI is InChI=1S/C11H16N4/c1-3-10(13)7-14-11-9(6-12)5-4-8(2)15-11/h4-5,10H,3,7,13H2,1-2H3,(H,14,15). The van der Waals surface area contributed by atoms with Gasteiger partial charge < -0.3 is 11.1 Å². The van der Waals surface area contributed by atoms with Gasteiger partial charge in [0.15, 0.2) is 0 Å². The van der Waals surface area contributed by atoms with Crippen LogP contribution in [0.2, 0.25) is 0 Å². The lowest BCUT2D eigenvalue weighted by Crippen LogP contribution is -2.28. The van der Waals surface area contributed by atoms with E-state index in [1.165, 1.54) is 0 Å². The normalized spacial score (nSPS) is 11.9. The third kappa shape index (κ3) is 3.22. The average Bonchev–Trinajstić information content (AvgIpc) is 2.26. The minimum atomic E-state index is 0.0962. The molecule has 0 amide bonds.